The van der Waals surface area contributed by atoms with Gasteiger partial charge >= 0.3 is 11.9 Å². The Balaban J connectivity index is 3.93. The molecule has 2 atom stereocenters. The summed E-state index contributed by atoms with van der Waals surface area (Å²) in [5.41, 5.74) is 0. The molecule has 4 amide bonds. The molecule has 0 spiro atoms. The smallest absolute Gasteiger partial charge is 0.303 e. The average Bonchev–Trinajstić information content (AvgIpc) is 3.09. The van der Waals surface area contributed by atoms with Crippen LogP contribution in [0.15, 0.2) is 48.6 Å². The first kappa shape index (κ1) is 49.8. The van der Waals surface area contributed by atoms with Crippen molar-refractivity contribution < 1.29 is 38.2 Å². The Morgan fingerprint density at radius 1 is 0.463 bits per heavy atom. The van der Waals surface area contributed by atoms with E-state index in [-0.39, 0.29) is 49.8 Å². The lowest BCUT2D eigenvalue weighted by Crippen LogP contribution is -2.43. The van der Waals surface area contributed by atoms with Crippen LogP contribution >= 0.6 is 0 Å². The van der Waals surface area contributed by atoms with Crippen molar-refractivity contribution >= 4 is 35.6 Å². The van der Waals surface area contributed by atoms with Crippen molar-refractivity contribution in [2.24, 2.45) is 0 Å². The maximum absolute atomic E-state index is 12.1. The van der Waals surface area contributed by atoms with Crippen LogP contribution in [-0.2, 0) is 38.2 Å². The minimum atomic E-state index is -0.581. The van der Waals surface area contributed by atoms with Crippen LogP contribution in [-0.4, -0.2) is 96.8 Å². The fourth-order valence-corrected chi connectivity index (χ4v) is 5.58. The van der Waals surface area contributed by atoms with E-state index in [1.54, 1.807) is 9.80 Å². The number of ether oxygens (including phenoxy) is 2. The molecule has 0 saturated carbocycles. The number of nitrogens with one attached hydrogen (secondary N) is 2. The number of unbranched alkanes of at least 4 members (excludes halogenated alkanes) is 9. The van der Waals surface area contributed by atoms with Crippen LogP contribution in [0.3, 0.4) is 0 Å². The molecule has 2 N–H and O–H groups in total. The Morgan fingerprint density at radius 3 is 1.07 bits per heavy atom. The average molecular weight is 759 g/mol. The number of rotatable bonds is 31. The van der Waals surface area contributed by atoms with Crippen molar-refractivity contribution in [1.82, 2.24) is 20.4 Å². The van der Waals surface area contributed by atoms with E-state index in [0.29, 0.717) is 25.9 Å². The third-order valence-electron chi connectivity index (χ3n) is 8.40. The van der Waals surface area contributed by atoms with Crippen LogP contribution in [0.2, 0.25) is 0 Å². The van der Waals surface area contributed by atoms with Gasteiger partial charge in [0.1, 0.15) is 12.2 Å². The van der Waals surface area contributed by atoms with Gasteiger partial charge in [-0.25, -0.2) is 0 Å². The van der Waals surface area contributed by atoms with E-state index in [9.17, 15) is 28.8 Å². The number of allylic oxidation sites excluding steroid dienone is 6. The van der Waals surface area contributed by atoms with E-state index in [1.807, 2.05) is 0 Å². The first-order valence-corrected chi connectivity index (χ1v) is 19.8. The van der Waals surface area contributed by atoms with Gasteiger partial charge in [0, 0.05) is 54.6 Å². The van der Waals surface area contributed by atoms with E-state index in [1.165, 1.54) is 92.9 Å². The molecule has 54 heavy (non-hydrogen) atoms. The summed E-state index contributed by atoms with van der Waals surface area (Å²) in [5, 5.41) is 5.29. The molecule has 12 nitrogen and oxygen atoms in total. The van der Waals surface area contributed by atoms with Crippen molar-refractivity contribution in [3.05, 3.63) is 48.6 Å². The van der Waals surface area contributed by atoms with Gasteiger partial charge in [0.2, 0.25) is 23.6 Å². The van der Waals surface area contributed by atoms with E-state index in [4.69, 9.17) is 9.47 Å². The SMILES string of the molecule is CC(=O)NCC(CN(CCC=CCC=CCCCCCCCCCCC=CCC=CCCN(CC(CNC(C)=O)OC(C)=O)C(C)=O)C(C)=O)OC(C)=O. The van der Waals surface area contributed by atoms with E-state index < -0.39 is 24.1 Å². The molecule has 2 unspecified atom stereocenters. The highest BCUT2D eigenvalue weighted by molar-refractivity contribution is 5.75. The van der Waals surface area contributed by atoms with Crippen LogP contribution in [0, 0.1) is 0 Å². The van der Waals surface area contributed by atoms with Gasteiger partial charge < -0.3 is 29.9 Å². The molecule has 0 fully saturated rings. The number of carbonyl (C=O) groups excluding carboxylic acids is 6. The van der Waals surface area contributed by atoms with Crippen molar-refractivity contribution in [1.29, 1.82) is 0 Å². The van der Waals surface area contributed by atoms with Crippen LogP contribution in [0.25, 0.3) is 0 Å². The van der Waals surface area contributed by atoms with Crippen LogP contribution in [0.1, 0.15) is 131 Å². The lowest BCUT2D eigenvalue weighted by Gasteiger charge is -2.26. The van der Waals surface area contributed by atoms with E-state index in [0.717, 1.165) is 25.7 Å². The highest BCUT2D eigenvalue weighted by Gasteiger charge is 2.20. The molecule has 0 aromatic heterocycles. The number of carbonyl (C=O) groups is 6. The maximum atomic E-state index is 12.1. The zero-order valence-corrected chi connectivity index (χ0v) is 34.1. The summed E-state index contributed by atoms with van der Waals surface area (Å²) >= 11 is 0. The minimum absolute atomic E-state index is 0.101. The number of hydrogen-bond donors (Lipinski definition) is 2. The molecule has 0 saturated heterocycles. The molecule has 0 aliphatic rings. The summed E-state index contributed by atoms with van der Waals surface area (Å²) in [6.07, 6.45) is 31.4. The van der Waals surface area contributed by atoms with Crippen molar-refractivity contribution in [3.63, 3.8) is 0 Å². The molecule has 0 aliphatic carbocycles. The van der Waals surface area contributed by atoms with Gasteiger partial charge in [-0.3, -0.25) is 28.8 Å². The van der Waals surface area contributed by atoms with Gasteiger partial charge in [0.25, 0.3) is 0 Å². The first-order chi connectivity index (χ1) is 25.8. The van der Waals surface area contributed by atoms with Crippen molar-refractivity contribution in [2.45, 2.75) is 144 Å². The lowest BCUT2D eigenvalue weighted by molar-refractivity contribution is -0.149. The predicted octanol–water partition coefficient (Wildman–Crippen LogP) is 6.51. The van der Waals surface area contributed by atoms with Gasteiger partial charge in [-0.15, -0.1) is 0 Å². The molecule has 0 aromatic rings. The second-order valence-corrected chi connectivity index (χ2v) is 13.6. The number of nitrogens with zero attached hydrogens (tertiary/aromatic N) is 2. The molecular weight excluding hydrogens is 688 g/mol. The summed E-state index contributed by atoms with van der Waals surface area (Å²) in [7, 11) is 0. The Labute approximate surface area is 325 Å². The third kappa shape index (κ3) is 32.4. The maximum Gasteiger partial charge on any atom is 0.303 e. The normalized spacial score (nSPS) is 12.6. The quantitative estimate of drug-likeness (QED) is 0.0462. The van der Waals surface area contributed by atoms with Crippen molar-refractivity contribution in [2.75, 3.05) is 39.3 Å². The van der Waals surface area contributed by atoms with Gasteiger partial charge in [-0.05, 0) is 51.4 Å². The Morgan fingerprint density at radius 2 is 0.778 bits per heavy atom. The molecule has 12 heteroatoms. The summed E-state index contributed by atoms with van der Waals surface area (Å²) in [6, 6.07) is 0. The van der Waals surface area contributed by atoms with Crippen molar-refractivity contribution in [3.8, 4) is 0 Å². The van der Waals surface area contributed by atoms with Gasteiger partial charge in [0.05, 0.1) is 26.2 Å². The minimum Gasteiger partial charge on any atom is -0.459 e. The fraction of sp³-hybridized carbons (Fsp3) is 0.667. The van der Waals surface area contributed by atoms with Gasteiger partial charge in [-0.1, -0.05) is 87.1 Å². The molecule has 0 radical (unpaired) electrons. The third-order valence-corrected chi connectivity index (χ3v) is 8.40. The second-order valence-electron chi connectivity index (χ2n) is 13.6. The summed E-state index contributed by atoms with van der Waals surface area (Å²) in [5.74, 6) is -1.52. The summed E-state index contributed by atoms with van der Waals surface area (Å²) in [4.78, 5) is 72.7. The molecule has 306 valence electrons. The number of hydrogen-bond acceptors (Lipinski definition) is 8. The van der Waals surface area contributed by atoms with Crippen LogP contribution in [0.5, 0.6) is 0 Å². The Hall–Kier alpha value is -4.22. The van der Waals surface area contributed by atoms with Crippen LogP contribution in [0.4, 0.5) is 0 Å². The molecule has 0 heterocycles. The van der Waals surface area contributed by atoms with E-state index in [2.05, 4.69) is 59.2 Å². The standard InChI is InChI=1S/C42H70N4O8/c1-35(47)43-31-41(53-39(5)51)33-45(37(3)49)29-27-25-23-21-19-17-15-13-11-9-7-8-10-12-14-16-18-20-22-24-26-28-30-46(38(4)50)34-42(54-40(6)52)32-44-36(2)48/h17-20,23-26,41-42H,7-16,21-22,27-34H2,1-6H3,(H,43,47)(H,44,48). The molecule has 0 bridgehead atoms. The zero-order valence-electron chi connectivity index (χ0n) is 34.1. The van der Waals surface area contributed by atoms with E-state index >= 15 is 0 Å². The first-order valence-electron chi connectivity index (χ1n) is 19.8. The second kappa shape index (κ2) is 33.4. The van der Waals surface area contributed by atoms with Crippen LogP contribution < -0.4 is 10.6 Å². The van der Waals surface area contributed by atoms with Gasteiger partial charge in [-0.2, -0.15) is 0 Å². The number of amides is 4. The number of esters is 2. The topological polar surface area (TPSA) is 151 Å². The Bertz CT molecular complexity index is 1120. The highest BCUT2D eigenvalue weighted by Crippen LogP contribution is 2.12. The molecule has 0 aromatic carbocycles. The zero-order chi connectivity index (χ0) is 40.4. The fourth-order valence-electron chi connectivity index (χ4n) is 5.58. The summed E-state index contributed by atoms with van der Waals surface area (Å²) < 4.78 is 10.5. The van der Waals surface area contributed by atoms with Gasteiger partial charge in [0.15, 0.2) is 0 Å². The Kier molecular flexibility index (Phi) is 30.7. The molecular formula is C42H70N4O8. The predicted molar refractivity (Wildman–Crippen MR) is 214 cm³/mol. The monoisotopic (exact) mass is 759 g/mol. The highest BCUT2D eigenvalue weighted by atomic mass is 16.5. The largest absolute Gasteiger partial charge is 0.459 e. The molecule has 0 rings (SSSR count). The summed E-state index contributed by atoms with van der Waals surface area (Å²) in [6.45, 7) is 10.3. The molecule has 0 aliphatic heterocycles. The lowest BCUT2D eigenvalue weighted by atomic mass is 10.1.